The quantitative estimate of drug-likeness (QED) is 0.362. The SMILES string of the molecule is CC(C)=O.C[C@@H](OCC1(c2ccccc2)CCC2(CC1)NC(C)(C)CC2=O)c1cc(C(F)(F)F)cc(C(F)(F)F)c1. The summed E-state index contributed by atoms with van der Waals surface area (Å²) in [7, 11) is 0. The molecule has 4 rings (SSSR count). The Labute approximate surface area is 236 Å². The molecule has 1 saturated heterocycles. The molecule has 0 radical (unpaired) electrons. The highest BCUT2D eigenvalue weighted by Gasteiger charge is 2.54. The number of hydrogen-bond acceptors (Lipinski definition) is 4. The molecule has 1 aliphatic heterocycles. The Hall–Kier alpha value is -2.72. The zero-order valence-corrected chi connectivity index (χ0v) is 23.9. The Morgan fingerprint density at radius 1 is 0.902 bits per heavy atom. The predicted molar refractivity (Wildman–Crippen MR) is 143 cm³/mol. The largest absolute Gasteiger partial charge is 0.416 e. The Bertz CT molecular complexity index is 1190. The molecule has 0 aromatic heterocycles. The average molecular weight is 586 g/mol. The average Bonchev–Trinajstić information content (AvgIpc) is 3.09. The molecule has 0 bridgehead atoms. The number of benzene rings is 2. The number of carbonyl (C=O) groups is 2. The zero-order chi connectivity index (χ0) is 30.9. The van der Waals surface area contributed by atoms with Crippen LogP contribution in [0.3, 0.4) is 0 Å². The van der Waals surface area contributed by atoms with Crippen LogP contribution in [0.5, 0.6) is 0 Å². The van der Waals surface area contributed by atoms with Gasteiger partial charge in [0.2, 0.25) is 0 Å². The van der Waals surface area contributed by atoms with Crippen molar-refractivity contribution in [3.05, 3.63) is 70.8 Å². The lowest BCUT2D eigenvalue weighted by atomic mass is 9.64. The van der Waals surface area contributed by atoms with Crippen molar-refractivity contribution in [1.82, 2.24) is 5.32 Å². The molecule has 4 nitrogen and oxygen atoms in total. The summed E-state index contributed by atoms with van der Waals surface area (Å²) in [6, 6.07) is 11.1. The van der Waals surface area contributed by atoms with E-state index in [1.54, 1.807) is 0 Å². The van der Waals surface area contributed by atoms with Gasteiger partial charge < -0.3 is 9.53 Å². The first kappa shape index (κ1) is 32.8. The van der Waals surface area contributed by atoms with Crippen molar-refractivity contribution >= 4 is 11.6 Å². The van der Waals surface area contributed by atoms with Crippen LogP contribution in [0.4, 0.5) is 26.3 Å². The maximum Gasteiger partial charge on any atom is 0.416 e. The summed E-state index contributed by atoms with van der Waals surface area (Å²) in [6.07, 6.45) is -8.08. The van der Waals surface area contributed by atoms with Crippen molar-refractivity contribution in [2.45, 2.75) is 102 Å². The maximum atomic E-state index is 13.3. The molecular weight excluding hydrogens is 548 g/mol. The third-order valence-corrected chi connectivity index (χ3v) is 7.85. The summed E-state index contributed by atoms with van der Waals surface area (Å²) in [5, 5.41) is 3.51. The molecule has 2 fully saturated rings. The fourth-order valence-electron chi connectivity index (χ4n) is 5.79. The first-order valence-electron chi connectivity index (χ1n) is 13.6. The van der Waals surface area contributed by atoms with Gasteiger partial charge in [0, 0.05) is 17.4 Å². The molecule has 2 aromatic rings. The van der Waals surface area contributed by atoms with Gasteiger partial charge in [0.05, 0.1) is 29.4 Å². The summed E-state index contributed by atoms with van der Waals surface area (Å²) in [4.78, 5) is 22.4. The molecule has 0 unspecified atom stereocenters. The van der Waals surface area contributed by atoms with Crippen LogP contribution < -0.4 is 5.32 Å². The van der Waals surface area contributed by atoms with Crippen LogP contribution in [0.1, 0.15) is 95.1 Å². The number of Topliss-reactive ketones (excluding diaryl/α,β-unsaturated/α-hetero) is 2. The predicted octanol–water partition coefficient (Wildman–Crippen LogP) is 7.99. The van der Waals surface area contributed by atoms with E-state index in [1.807, 2.05) is 44.2 Å². The van der Waals surface area contributed by atoms with Gasteiger partial charge in [-0.3, -0.25) is 10.1 Å². The minimum absolute atomic E-state index is 0.101. The monoisotopic (exact) mass is 585 g/mol. The summed E-state index contributed by atoms with van der Waals surface area (Å²) in [6.45, 7) is 8.61. The van der Waals surface area contributed by atoms with E-state index in [-0.39, 0.29) is 35.3 Å². The van der Waals surface area contributed by atoms with Crippen LogP contribution in [0.25, 0.3) is 0 Å². The third kappa shape index (κ3) is 7.97. The minimum atomic E-state index is -4.92. The molecule has 2 aromatic carbocycles. The van der Waals surface area contributed by atoms with Gasteiger partial charge in [0.15, 0.2) is 5.78 Å². The lowest BCUT2D eigenvalue weighted by Gasteiger charge is -2.45. The summed E-state index contributed by atoms with van der Waals surface area (Å²) in [5.41, 5.74) is -3.37. The molecule has 1 atom stereocenters. The van der Waals surface area contributed by atoms with Crippen LogP contribution in [0.2, 0.25) is 0 Å². The Kier molecular flexibility index (Phi) is 9.50. The third-order valence-electron chi connectivity index (χ3n) is 7.85. The molecule has 0 amide bonds. The summed E-state index contributed by atoms with van der Waals surface area (Å²) < 4.78 is 86.1. The van der Waals surface area contributed by atoms with Gasteiger partial charge in [-0.25, -0.2) is 0 Å². The molecule has 226 valence electrons. The lowest BCUT2D eigenvalue weighted by Crippen LogP contribution is -2.55. The normalized spacial score (nSPS) is 25.0. The van der Waals surface area contributed by atoms with E-state index in [0.717, 1.165) is 5.56 Å². The number of carbonyl (C=O) groups excluding carboxylic acids is 2. The van der Waals surface area contributed by atoms with Gasteiger partial charge >= 0.3 is 12.4 Å². The van der Waals surface area contributed by atoms with E-state index >= 15 is 0 Å². The van der Waals surface area contributed by atoms with Gasteiger partial charge in [-0.05, 0) is 89.6 Å². The fraction of sp³-hybridized carbons (Fsp3) is 0.548. The van der Waals surface area contributed by atoms with Crippen LogP contribution in [0.15, 0.2) is 48.5 Å². The molecule has 1 aliphatic carbocycles. The summed E-state index contributed by atoms with van der Waals surface area (Å²) >= 11 is 0. The van der Waals surface area contributed by atoms with E-state index in [0.29, 0.717) is 44.2 Å². The fourth-order valence-corrected chi connectivity index (χ4v) is 5.79. The highest BCUT2D eigenvalue weighted by molar-refractivity contribution is 5.92. The van der Waals surface area contributed by atoms with Crippen LogP contribution in [0, 0.1) is 0 Å². The molecule has 10 heteroatoms. The lowest BCUT2D eigenvalue weighted by molar-refractivity contribution is -0.143. The van der Waals surface area contributed by atoms with Crippen LogP contribution in [-0.2, 0) is 32.1 Å². The molecule has 1 N–H and O–H groups in total. The molecular formula is C31H37F6NO3. The number of alkyl halides is 6. The minimum Gasteiger partial charge on any atom is -0.373 e. The molecule has 2 aliphatic rings. The van der Waals surface area contributed by atoms with E-state index in [1.165, 1.54) is 20.8 Å². The highest BCUT2D eigenvalue weighted by Crippen LogP contribution is 2.48. The first-order valence-corrected chi connectivity index (χ1v) is 13.6. The van der Waals surface area contributed by atoms with Crippen LogP contribution in [-0.4, -0.2) is 29.3 Å². The number of hydrogen-bond donors (Lipinski definition) is 1. The van der Waals surface area contributed by atoms with E-state index in [4.69, 9.17) is 4.74 Å². The zero-order valence-electron chi connectivity index (χ0n) is 23.9. The van der Waals surface area contributed by atoms with Crippen molar-refractivity contribution in [3.8, 4) is 0 Å². The van der Waals surface area contributed by atoms with Gasteiger partial charge in [-0.15, -0.1) is 0 Å². The van der Waals surface area contributed by atoms with Gasteiger partial charge in [-0.2, -0.15) is 26.3 Å². The second kappa shape index (κ2) is 11.9. The van der Waals surface area contributed by atoms with Gasteiger partial charge in [0.1, 0.15) is 5.78 Å². The van der Waals surface area contributed by atoms with Crippen LogP contribution >= 0.6 is 0 Å². The second-order valence-electron chi connectivity index (χ2n) is 12.0. The van der Waals surface area contributed by atoms with E-state index < -0.39 is 40.5 Å². The summed E-state index contributed by atoms with van der Waals surface area (Å²) in [5.74, 6) is 0.345. The number of ether oxygens (including phenoxy) is 1. The van der Waals surface area contributed by atoms with Crippen molar-refractivity contribution in [2.24, 2.45) is 0 Å². The smallest absolute Gasteiger partial charge is 0.373 e. The second-order valence-corrected chi connectivity index (χ2v) is 12.0. The Morgan fingerprint density at radius 2 is 1.39 bits per heavy atom. The van der Waals surface area contributed by atoms with Crippen molar-refractivity contribution in [3.63, 3.8) is 0 Å². The van der Waals surface area contributed by atoms with Gasteiger partial charge in [-0.1, -0.05) is 30.3 Å². The van der Waals surface area contributed by atoms with Gasteiger partial charge in [0.25, 0.3) is 0 Å². The Balaban J connectivity index is 0.00000108. The number of halogens is 6. The van der Waals surface area contributed by atoms with E-state index in [9.17, 15) is 35.9 Å². The number of rotatable bonds is 5. The van der Waals surface area contributed by atoms with Crippen molar-refractivity contribution in [2.75, 3.05) is 6.61 Å². The number of ketones is 2. The molecule has 1 spiro atoms. The standard InChI is InChI=1S/C28H31F6NO2.C3H6O/c1-18(19-13-21(27(29,30)31)15-22(14-19)28(32,33)34)37-17-25(20-7-5-4-6-8-20)9-11-26(12-10-25)23(36)16-24(2,3)35-26;1-3(2)4/h4-8,13-15,18,35H,9-12,16-17H2,1-3H3;1-2H3/t18-,25?,26?;/m1./s1. The molecule has 1 saturated carbocycles. The first-order chi connectivity index (χ1) is 18.8. The van der Waals surface area contributed by atoms with E-state index in [2.05, 4.69) is 5.32 Å². The molecule has 1 heterocycles. The highest BCUT2D eigenvalue weighted by atomic mass is 19.4. The topological polar surface area (TPSA) is 55.4 Å². The molecule has 41 heavy (non-hydrogen) atoms. The van der Waals surface area contributed by atoms with Crippen molar-refractivity contribution < 1.29 is 40.7 Å². The Morgan fingerprint density at radius 3 is 1.80 bits per heavy atom. The maximum absolute atomic E-state index is 13.3. The van der Waals surface area contributed by atoms with Crippen molar-refractivity contribution in [1.29, 1.82) is 0 Å². The number of nitrogens with one attached hydrogen (secondary N) is 1.